The van der Waals surface area contributed by atoms with E-state index in [0.29, 0.717) is 16.8 Å². The SMILES string of the molecule is CC(C)(C)[Si](C)(C)OCc1nn(C2CCCCO2)c2cc(Nc3cc(Br)cc(F)c3N)ccc12. The van der Waals surface area contributed by atoms with Crippen molar-refractivity contribution < 1.29 is 13.6 Å². The second kappa shape index (κ2) is 9.60. The maximum Gasteiger partial charge on any atom is 0.192 e. The molecule has 2 heterocycles. The predicted molar refractivity (Wildman–Crippen MR) is 142 cm³/mol. The summed E-state index contributed by atoms with van der Waals surface area (Å²) in [7, 11) is -1.93. The van der Waals surface area contributed by atoms with Crippen molar-refractivity contribution in [3.8, 4) is 0 Å². The van der Waals surface area contributed by atoms with Crippen LogP contribution in [-0.2, 0) is 15.8 Å². The molecule has 34 heavy (non-hydrogen) atoms. The van der Waals surface area contributed by atoms with Gasteiger partial charge in [-0.2, -0.15) is 5.10 Å². The van der Waals surface area contributed by atoms with E-state index in [-0.39, 0.29) is 17.0 Å². The molecule has 1 aromatic heterocycles. The normalized spacial score (nSPS) is 17.3. The van der Waals surface area contributed by atoms with Crippen molar-refractivity contribution in [1.82, 2.24) is 9.78 Å². The molecule has 0 saturated carbocycles. The highest BCUT2D eigenvalue weighted by Gasteiger charge is 2.37. The Morgan fingerprint density at radius 1 is 1.26 bits per heavy atom. The minimum absolute atomic E-state index is 0.0795. The van der Waals surface area contributed by atoms with Gasteiger partial charge in [0.15, 0.2) is 14.5 Å². The van der Waals surface area contributed by atoms with E-state index in [1.807, 2.05) is 22.9 Å². The molecule has 1 unspecified atom stereocenters. The molecule has 4 rings (SSSR count). The van der Waals surface area contributed by atoms with Crippen LogP contribution in [0.5, 0.6) is 0 Å². The van der Waals surface area contributed by atoms with Crippen molar-refractivity contribution in [1.29, 1.82) is 0 Å². The van der Waals surface area contributed by atoms with Gasteiger partial charge in [0, 0.05) is 22.2 Å². The van der Waals surface area contributed by atoms with Crippen LogP contribution in [0.15, 0.2) is 34.8 Å². The average Bonchev–Trinajstić information content (AvgIpc) is 3.13. The van der Waals surface area contributed by atoms with Crippen molar-refractivity contribution in [3.63, 3.8) is 0 Å². The number of fused-ring (bicyclic) bond motifs is 1. The van der Waals surface area contributed by atoms with Gasteiger partial charge in [-0.3, -0.25) is 0 Å². The van der Waals surface area contributed by atoms with Gasteiger partial charge < -0.3 is 20.2 Å². The third-order valence-electron chi connectivity index (χ3n) is 6.96. The minimum Gasteiger partial charge on any atom is -0.411 e. The largest absolute Gasteiger partial charge is 0.411 e. The van der Waals surface area contributed by atoms with E-state index in [1.54, 1.807) is 6.07 Å². The summed E-state index contributed by atoms with van der Waals surface area (Å²) in [5.41, 5.74) is 9.22. The number of hydrogen-bond donors (Lipinski definition) is 2. The summed E-state index contributed by atoms with van der Waals surface area (Å²) in [6.45, 7) is 12.4. The van der Waals surface area contributed by atoms with Crippen LogP contribution in [-0.4, -0.2) is 24.7 Å². The van der Waals surface area contributed by atoms with E-state index >= 15 is 0 Å². The Bertz CT molecular complexity index is 1190. The van der Waals surface area contributed by atoms with Gasteiger partial charge in [-0.1, -0.05) is 36.7 Å². The van der Waals surface area contributed by atoms with Gasteiger partial charge in [0.25, 0.3) is 0 Å². The number of anilines is 3. The van der Waals surface area contributed by atoms with Gasteiger partial charge in [0.05, 0.1) is 29.2 Å². The Hall–Kier alpha value is -1.94. The Balaban J connectivity index is 1.71. The highest BCUT2D eigenvalue weighted by Crippen LogP contribution is 2.38. The van der Waals surface area contributed by atoms with Gasteiger partial charge >= 0.3 is 0 Å². The van der Waals surface area contributed by atoms with Gasteiger partial charge in [0.1, 0.15) is 5.82 Å². The molecule has 0 radical (unpaired) electrons. The molecule has 184 valence electrons. The van der Waals surface area contributed by atoms with Crippen LogP contribution in [0.1, 0.15) is 52.0 Å². The van der Waals surface area contributed by atoms with E-state index in [9.17, 15) is 4.39 Å². The number of halogens is 2. The third kappa shape index (κ3) is 5.17. The number of aromatic nitrogens is 2. The van der Waals surface area contributed by atoms with Crippen LogP contribution in [0.25, 0.3) is 10.9 Å². The minimum atomic E-state index is -1.93. The van der Waals surface area contributed by atoms with E-state index in [0.717, 1.165) is 48.2 Å². The quantitative estimate of drug-likeness (QED) is 0.246. The van der Waals surface area contributed by atoms with Crippen molar-refractivity contribution in [2.75, 3.05) is 17.7 Å². The molecule has 9 heteroatoms. The topological polar surface area (TPSA) is 74.3 Å². The maximum atomic E-state index is 14.1. The smallest absolute Gasteiger partial charge is 0.192 e. The first-order valence-electron chi connectivity index (χ1n) is 11.7. The lowest BCUT2D eigenvalue weighted by molar-refractivity contribution is -0.0370. The van der Waals surface area contributed by atoms with Crippen molar-refractivity contribution in [2.24, 2.45) is 0 Å². The molecule has 1 fully saturated rings. The molecule has 6 nitrogen and oxygen atoms in total. The lowest BCUT2D eigenvalue weighted by atomic mass is 10.1. The van der Waals surface area contributed by atoms with Crippen LogP contribution in [0.3, 0.4) is 0 Å². The van der Waals surface area contributed by atoms with Gasteiger partial charge in [0.2, 0.25) is 0 Å². The Morgan fingerprint density at radius 3 is 2.71 bits per heavy atom. The predicted octanol–water partition coefficient (Wildman–Crippen LogP) is 7.48. The molecular formula is C25H34BrFN4O2Si. The summed E-state index contributed by atoms with van der Waals surface area (Å²) in [4.78, 5) is 0. The molecule has 1 atom stereocenters. The standard InChI is InChI=1S/C25H34BrFN4O2Si/c1-25(2,3)34(4,5)33-15-21-18-10-9-17(29-20-13-16(26)12-19(27)24(20)28)14-22(18)31(30-21)23-8-6-7-11-32-23/h9-10,12-14,23,29H,6-8,11,15,28H2,1-5H3. The first kappa shape index (κ1) is 25.2. The Kier molecular flexibility index (Phi) is 7.10. The first-order chi connectivity index (χ1) is 16.0. The molecule has 0 amide bonds. The fraction of sp³-hybridized carbons (Fsp3) is 0.480. The highest BCUT2D eigenvalue weighted by atomic mass is 79.9. The zero-order chi connectivity index (χ0) is 24.7. The Morgan fingerprint density at radius 2 is 2.03 bits per heavy atom. The summed E-state index contributed by atoms with van der Waals surface area (Å²) in [6.07, 6.45) is 2.98. The van der Waals surface area contributed by atoms with Crippen LogP contribution >= 0.6 is 15.9 Å². The lowest BCUT2D eigenvalue weighted by Gasteiger charge is -2.35. The van der Waals surface area contributed by atoms with Crippen molar-refractivity contribution in [3.05, 3.63) is 46.3 Å². The summed E-state index contributed by atoms with van der Waals surface area (Å²) in [5.74, 6) is -0.469. The lowest BCUT2D eigenvalue weighted by Crippen LogP contribution is -2.40. The summed E-state index contributed by atoms with van der Waals surface area (Å²) >= 11 is 3.34. The molecule has 0 spiro atoms. The fourth-order valence-corrected chi connectivity index (χ4v) is 5.19. The molecule has 2 aromatic carbocycles. The fourth-order valence-electron chi connectivity index (χ4n) is 3.83. The molecule has 3 N–H and O–H groups in total. The molecule has 1 saturated heterocycles. The number of ether oxygens (including phenoxy) is 1. The second-order valence-corrected chi connectivity index (χ2v) is 16.2. The molecular weight excluding hydrogens is 515 g/mol. The number of benzene rings is 2. The number of hydrogen-bond acceptors (Lipinski definition) is 5. The zero-order valence-corrected chi connectivity index (χ0v) is 23.1. The maximum absolute atomic E-state index is 14.1. The van der Waals surface area contributed by atoms with Crippen LogP contribution in [0, 0.1) is 5.82 Å². The molecule has 0 aliphatic carbocycles. The van der Waals surface area contributed by atoms with Crippen LogP contribution in [0.2, 0.25) is 18.1 Å². The van der Waals surface area contributed by atoms with Gasteiger partial charge in [-0.15, -0.1) is 0 Å². The number of nitrogens with two attached hydrogens (primary N) is 1. The van der Waals surface area contributed by atoms with Crippen molar-refractivity contribution in [2.45, 2.75) is 71.0 Å². The number of rotatable bonds is 6. The molecule has 3 aromatic rings. The number of nitrogen functional groups attached to an aromatic ring is 1. The van der Waals surface area contributed by atoms with Crippen LogP contribution in [0.4, 0.5) is 21.5 Å². The van der Waals surface area contributed by atoms with E-state index in [2.05, 4.69) is 55.1 Å². The summed E-state index contributed by atoms with van der Waals surface area (Å²) in [6, 6.07) is 9.15. The van der Waals surface area contributed by atoms with E-state index in [4.69, 9.17) is 20.0 Å². The summed E-state index contributed by atoms with van der Waals surface area (Å²) in [5, 5.41) is 9.37. The molecule has 1 aliphatic heterocycles. The zero-order valence-electron chi connectivity index (χ0n) is 20.5. The Labute approximate surface area is 210 Å². The monoisotopic (exact) mass is 548 g/mol. The second-order valence-electron chi connectivity index (χ2n) is 10.5. The third-order valence-corrected chi connectivity index (χ3v) is 11.9. The van der Waals surface area contributed by atoms with E-state index in [1.165, 1.54) is 6.07 Å². The van der Waals surface area contributed by atoms with Crippen LogP contribution < -0.4 is 11.1 Å². The van der Waals surface area contributed by atoms with Gasteiger partial charge in [-0.05, 0) is 67.7 Å². The van der Waals surface area contributed by atoms with Crippen molar-refractivity contribution >= 4 is 52.2 Å². The molecule has 0 bridgehead atoms. The summed E-state index contributed by atoms with van der Waals surface area (Å²) < 4.78 is 29.3. The van der Waals surface area contributed by atoms with Gasteiger partial charge in [-0.25, -0.2) is 9.07 Å². The first-order valence-corrected chi connectivity index (χ1v) is 15.4. The highest BCUT2D eigenvalue weighted by molar-refractivity contribution is 9.10. The number of nitrogens with zero attached hydrogens (tertiary/aromatic N) is 2. The molecule has 1 aliphatic rings. The van der Waals surface area contributed by atoms with E-state index < -0.39 is 14.1 Å². The average molecular weight is 550 g/mol. The number of nitrogens with one attached hydrogen (secondary N) is 1.